The first-order valence-corrected chi connectivity index (χ1v) is 10.7. The number of para-hydroxylation sites is 2. The Hall–Kier alpha value is -3.72. The van der Waals surface area contributed by atoms with Crippen LogP contribution >= 0.6 is 11.3 Å². The second kappa shape index (κ2) is 10.5. The lowest BCUT2D eigenvalue weighted by Crippen LogP contribution is -2.31. The normalized spacial score (nSPS) is 10.3. The highest BCUT2D eigenvalue weighted by atomic mass is 32.1. The number of hydrogen-bond acceptors (Lipinski definition) is 7. The summed E-state index contributed by atoms with van der Waals surface area (Å²) in [7, 11) is 1.53. The Bertz CT molecular complexity index is 1130. The average Bonchev–Trinajstić information content (AvgIpc) is 3.25. The highest BCUT2D eigenvalue weighted by Gasteiger charge is 2.21. The highest BCUT2D eigenvalue weighted by molar-refractivity contribution is 7.14. The molecule has 0 aliphatic rings. The van der Waals surface area contributed by atoms with Gasteiger partial charge in [0.25, 0.3) is 5.91 Å². The van der Waals surface area contributed by atoms with Crippen LogP contribution in [-0.4, -0.2) is 36.4 Å². The molecule has 166 valence electrons. The van der Waals surface area contributed by atoms with Crippen LogP contribution in [0, 0.1) is 6.92 Å². The van der Waals surface area contributed by atoms with Gasteiger partial charge in [0.2, 0.25) is 5.91 Å². The van der Waals surface area contributed by atoms with Crippen LogP contribution in [-0.2, 0) is 20.9 Å². The first-order chi connectivity index (χ1) is 15.4. The lowest BCUT2D eigenvalue weighted by molar-refractivity contribution is -0.143. The van der Waals surface area contributed by atoms with Crippen molar-refractivity contribution in [2.45, 2.75) is 20.5 Å². The van der Waals surface area contributed by atoms with E-state index in [9.17, 15) is 14.4 Å². The number of carbonyl (C=O) groups excluding carboxylic acids is 3. The SMILES string of the molecule is COc1ccccc1N(C(C)=O)c1nc(COC(=O)CNC(=O)c2ccccc2C)cs1. The number of nitrogens with zero attached hydrogens (tertiary/aromatic N) is 2. The van der Waals surface area contributed by atoms with E-state index in [0.717, 1.165) is 5.56 Å². The zero-order valence-electron chi connectivity index (χ0n) is 18.0. The van der Waals surface area contributed by atoms with Crippen LogP contribution in [0.2, 0.25) is 0 Å². The molecule has 1 aromatic heterocycles. The van der Waals surface area contributed by atoms with Crippen molar-refractivity contribution in [2.75, 3.05) is 18.6 Å². The van der Waals surface area contributed by atoms with E-state index >= 15 is 0 Å². The number of esters is 1. The molecule has 0 spiro atoms. The van der Waals surface area contributed by atoms with Crippen LogP contribution in [0.15, 0.2) is 53.9 Å². The van der Waals surface area contributed by atoms with Crippen LogP contribution in [0.4, 0.5) is 10.8 Å². The minimum Gasteiger partial charge on any atom is -0.495 e. The summed E-state index contributed by atoms with van der Waals surface area (Å²) < 4.78 is 10.6. The average molecular weight is 454 g/mol. The standard InChI is InChI=1S/C23H23N3O5S/c1-15-8-4-5-9-18(15)22(29)24-12-21(28)31-13-17-14-32-23(25-17)26(16(2)27)19-10-6-7-11-20(19)30-3/h4-11,14H,12-13H2,1-3H3,(H,24,29). The molecule has 0 aliphatic heterocycles. The van der Waals surface area contributed by atoms with Gasteiger partial charge in [-0.1, -0.05) is 30.3 Å². The monoisotopic (exact) mass is 453 g/mol. The molecule has 9 heteroatoms. The van der Waals surface area contributed by atoms with Gasteiger partial charge < -0.3 is 14.8 Å². The molecule has 0 bridgehead atoms. The largest absolute Gasteiger partial charge is 0.495 e. The maximum absolute atomic E-state index is 12.3. The first kappa shape index (κ1) is 23.0. The van der Waals surface area contributed by atoms with Crippen molar-refractivity contribution in [3.63, 3.8) is 0 Å². The summed E-state index contributed by atoms with van der Waals surface area (Å²) in [6, 6.07) is 14.2. The highest BCUT2D eigenvalue weighted by Crippen LogP contribution is 2.35. The van der Waals surface area contributed by atoms with Gasteiger partial charge in [0.1, 0.15) is 18.9 Å². The summed E-state index contributed by atoms with van der Waals surface area (Å²) in [5.74, 6) is -0.624. The van der Waals surface area contributed by atoms with Gasteiger partial charge in [-0.2, -0.15) is 0 Å². The van der Waals surface area contributed by atoms with E-state index in [4.69, 9.17) is 9.47 Å². The summed E-state index contributed by atoms with van der Waals surface area (Å²) in [6.45, 7) is 2.92. The Morgan fingerprint density at radius 2 is 1.81 bits per heavy atom. The van der Waals surface area contributed by atoms with Gasteiger partial charge in [-0.3, -0.25) is 19.3 Å². The number of nitrogens with one attached hydrogen (secondary N) is 1. The van der Waals surface area contributed by atoms with Crippen LogP contribution in [0.3, 0.4) is 0 Å². The Balaban J connectivity index is 1.59. The zero-order valence-corrected chi connectivity index (χ0v) is 18.8. The topological polar surface area (TPSA) is 97.8 Å². The predicted octanol–water partition coefficient (Wildman–Crippen LogP) is 3.62. The number of benzene rings is 2. The zero-order chi connectivity index (χ0) is 23.1. The number of anilines is 2. The van der Waals surface area contributed by atoms with Crippen LogP contribution < -0.4 is 15.0 Å². The molecule has 0 unspecified atom stereocenters. The van der Waals surface area contributed by atoms with Crippen molar-refractivity contribution in [3.05, 3.63) is 70.7 Å². The van der Waals surface area contributed by atoms with Gasteiger partial charge in [-0.25, -0.2) is 4.98 Å². The molecule has 2 aromatic carbocycles. The fraction of sp³-hybridized carbons (Fsp3) is 0.217. The van der Waals surface area contributed by atoms with Crippen molar-refractivity contribution in [2.24, 2.45) is 0 Å². The van der Waals surface area contributed by atoms with Crippen molar-refractivity contribution in [3.8, 4) is 5.75 Å². The second-order valence-electron chi connectivity index (χ2n) is 6.81. The summed E-state index contributed by atoms with van der Waals surface area (Å²) in [4.78, 5) is 42.4. The Labute approximate surface area is 189 Å². The Kier molecular flexibility index (Phi) is 7.56. The third kappa shape index (κ3) is 5.50. The molecule has 0 saturated heterocycles. The molecule has 32 heavy (non-hydrogen) atoms. The van der Waals surface area contributed by atoms with E-state index in [2.05, 4.69) is 10.3 Å². The molecular weight excluding hydrogens is 430 g/mol. The van der Waals surface area contributed by atoms with E-state index in [1.807, 2.05) is 25.1 Å². The van der Waals surface area contributed by atoms with Crippen molar-refractivity contribution >= 4 is 39.9 Å². The van der Waals surface area contributed by atoms with Crippen molar-refractivity contribution in [1.82, 2.24) is 10.3 Å². The fourth-order valence-electron chi connectivity index (χ4n) is 2.97. The van der Waals surface area contributed by atoms with Gasteiger partial charge in [0.05, 0.1) is 18.5 Å². The summed E-state index contributed by atoms with van der Waals surface area (Å²) >= 11 is 1.25. The van der Waals surface area contributed by atoms with E-state index in [1.54, 1.807) is 35.7 Å². The maximum atomic E-state index is 12.3. The quantitative estimate of drug-likeness (QED) is 0.523. The number of methoxy groups -OCH3 is 1. The predicted molar refractivity (Wildman–Crippen MR) is 121 cm³/mol. The Morgan fingerprint density at radius 1 is 1.09 bits per heavy atom. The minimum atomic E-state index is -0.588. The van der Waals surface area contributed by atoms with Gasteiger partial charge in [0, 0.05) is 17.9 Å². The third-order valence-corrected chi connectivity index (χ3v) is 5.41. The van der Waals surface area contributed by atoms with E-state index < -0.39 is 5.97 Å². The molecule has 0 aliphatic carbocycles. The lowest BCUT2D eigenvalue weighted by atomic mass is 10.1. The molecule has 0 saturated carbocycles. The molecule has 0 radical (unpaired) electrons. The molecule has 1 heterocycles. The molecule has 2 amide bonds. The smallest absolute Gasteiger partial charge is 0.325 e. The van der Waals surface area contributed by atoms with Crippen LogP contribution in [0.25, 0.3) is 0 Å². The molecule has 3 rings (SSSR count). The van der Waals surface area contributed by atoms with Gasteiger partial charge in [-0.05, 0) is 30.7 Å². The van der Waals surface area contributed by atoms with Crippen LogP contribution in [0.1, 0.15) is 28.5 Å². The van der Waals surface area contributed by atoms with Crippen molar-refractivity contribution < 1.29 is 23.9 Å². The van der Waals surface area contributed by atoms with Crippen molar-refractivity contribution in [1.29, 1.82) is 0 Å². The molecule has 3 aromatic rings. The molecule has 1 N–H and O–H groups in total. The first-order valence-electron chi connectivity index (χ1n) is 9.78. The maximum Gasteiger partial charge on any atom is 0.325 e. The number of ether oxygens (including phenoxy) is 2. The van der Waals surface area contributed by atoms with Crippen LogP contribution in [0.5, 0.6) is 5.75 Å². The van der Waals surface area contributed by atoms with E-state index in [1.165, 1.54) is 30.3 Å². The molecule has 0 atom stereocenters. The second-order valence-corrected chi connectivity index (χ2v) is 7.64. The number of aryl methyl sites for hydroxylation is 1. The number of thiazole rings is 1. The summed E-state index contributed by atoms with van der Waals surface area (Å²) in [5.41, 5.74) is 2.38. The lowest BCUT2D eigenvalue weighted by Gasteiger charge is -2.20. The van der Waals surface area contributed by atoms with Gasteiger partial charge >= 0.3 is 5.97 Å². The third-order valence-electron chi connectivity index (χ3n) is 4.54. The fourth-order valence-corrected chi connectivity index (χ4v) is 3.83. The Morgan fingerprint density at radius 3 is 2.53 bits per heavy atom. The molecule has 0 fully saturated rings. The van der Waals surface area contributed by atoms with E-state index in [-0.39, 0.29) is 25.0 Å². The number of hydrogen-bond donors (Lipinski definition) is 1. The summed E-state index contributed by atoms with van der Waals surface area (Å²) in [5, 5.41) is 4.69. The van der Waals surface area contributed by atoms with Gasteiger partial charge in [-0.15, -0.1) is 11.3 Å². The number of aromatic nitrogens is 1. The van der Waals surface area contributed by atoms with Gasteiger partial charge in [0.15, 0.2) is 5.13 Å². The van der Waals surface area contributed by atoms with E-state index in [0.29, 0.717) is 27.8 Å². The number of amides is 2. The summed E-state index contributed by atoms with van der Waals surface area (Å²) in [6.07, 6.45) is 0. The minimum absolute atomic E-state index is 0.0762. The molecular formula is C23H23N3O5S. The number of carbonyl (C=O) groups is 3. The molecule has 8 nitrogen and oxygen atoms in total. The number of rotatable bonds is 8.